The lowest BCUT2D eigenvalue weighted by Crippen LogP contribution is -2.28. The minimum atomic E-state index is 0.604. The molecule has 0 spiro atoms. The van der Waals surface area contributed by atoms with Gasteiger partial charge in [-0.15, -0.1) is 0 Å². The third-order valence-electron chi connectivity index (χ3n) is 3.54. The molecule has 1 heteroatoms. The number of nitrogens with zero attached hydrogens (tertiary/aromatic N) is 1. The SMILES string of the molecule is C[C@H]1Cc2ccccc2N1Cc1ccccc1. The number of rotatable bonds is 2. The smallest absolute Gasteiger partial charge is 0.0432 e. The van der Waals surface area contributed by atoms with Gasteiger partial charge in [-0.2, -0.15) is 0 Å². The fourth-order valence-corrected chi connectivity index (χ4v) is 2.65. The summed E-state index contributed by atoms with van der Waals surface area (Å²) in [6.45, 7) is 3.32. The number of anilines is 1. The molecule has 0 unspecified atom stereocenters. The molecule has 0 aromatic heterocycles. The number of benzene rings is 2. The van der Waals surface area contributed by atoms with Crippen LogP contribution in [0.1, 0.15) is 18.1 Å². The highest BCUT2D eigenvalue weighted by atomic mass is 15.2. The molecule has 0 fully saturated rings. The van der Waals surface area contributed by atoms with Gasteiger partial charge in [-0.05, 0) is 30.5 Å². The van der Waals surface area contributed by atoms with Crippen molar-refractivity contribution in [1.29, 1.82) is 0 Å². The maximum absolute atomic E-state index is 2.50. The van der Waals surface area contributed by atoms with E-state index in [1.807, 2.05) is 0 Å². The maximum Gasteiger partial charge on any atom is 0.0432 e. The van der Waals surface area contributed by atoms with E-state index in [2.05, 4.69) is 66.4 Å². The second kappa shape index (κ2) is 4.25. The Kier molecular flexibility index (Phi) is 2.60. The zero-order chi connectivity index (χ0) is 11.7. The van der Waals surface area contributed by atoms with Gasteiger partial charge in [-0.1, -0.05) is 48.5 Å². The molecule has 1 aliphatic rings. The van der Waals surface area contributed by atoms with E-state index in [0.717, 1.165) is 6.54 Å². The first-order valence-electron chi connectivity index (χ1n) is 6.23. The molecule has 1 nitrogen and oxygen atoms in total. The fraction of sp³-hybridized carbons (Fsp3) is 0.250. The quantitative estimate of drug-likeness (QED) is 0.751. The van der Waals surface area contributed by atoms with E-state index in [0.29, 0.717) is 6.04 Å². The minimum Gasteiger partial charge on any atom is -0.364 e. The van der Waals surface area contributed by atoms with E-state index in [9.17, 15) is 0 Å². The zero-order valence-corrected chi connectivity index (χ0v) is 10.1. The Balaban J connectivity index is 1.89. The van der Waals surface area contributed by atoms with Gasteiger partial charge in [0.1, 0.15) is 0 Å². The standard InChI is InChI=1S/C16H17N/c1-13-11-15-9-5-6-10-16(15)17(13)12-14-7-3-2-4-8-14/h2-10,13H,11-12H2,1H3/t13-/m0/s1. The summed E-state index contributed by atoms with van der Waals surface area (Å²) in [6, 6.07) is 20.1. The van der Waals surface area contributed by atoms with Gasteiger partial charge in [0, 0.05) is 18.3 Å². The lowest BCUT2D eigenvalue weighted by atomic mass is 10.1. The van der Waals surface area contributed by atoms with Crippen LogP contribution in [-0.4, -0.2) is 6.04 Å². The van der Waals surface area contributed by atoms with Crippen LogP contribution < -0.4 is 4.90 Å². The van der Waals surface area contributed by atoms with Crippen molar-refractivity contribution in [2.45, 2.75) is 25.9 Å². The molecule has 0 aliphatic carbocycles. The fourth-order valence-electron chi connectivity index (χ4n) is 2.65. The van der Waals surface area contributed by atoms with E-state index in [1.54, 1.807) is 0 Å². The van der Waals surface area contributed by atoms with Crippen LogP contribution in [0.25, 0.3) is 0 Å². The van der Waals surface area contributed by atoms with Gasteiger partial charge in [0.25, 0.3) is 0 Å². The number of hydrogen-bond donors (Lipinski definition) is 0. The summed E-state index contributed by atoms with van der Waals surface area (Å²) in [5.41, 5.74) is 4.27. The summed E-state index contributed by atoms with van der Waals surface area (Å²) in [4.78, 5) is 2.50. The molecule has 1 heterocycles. The number of fused-ring (bicyclic) bond motifs is 1. The van der Waals surface area contributed by atoms with Gasteiger partial charge in [-0.25, -0.2) is 0 Å². The lowest BCUT2D eigenvalue weighted by molar-refractivity contribution is 0.672. The van der Waals surface area contributed by atoms with Crippen LogP contribution in [0.2, 0.25) is 0 Å². The highest BCUT2D eigenvalue weighted by Crippen LogP contribution is 2.32. The highest BCUT2D eigenvalue weighted by molar-refractivity contribution is 5.59. The highest BCUT2D eigenvalue weighted by Gasteiger charge is 2.24. The third-order valence-corrected chi connectivity index (χ3v) is 3.54. The van der Waals surface area contributed by atoms with E-state index < -0.39 is 0 Å². The summed E-state index contributed by atoms with van der Waals surface area (Å²) >= 11 is 0. The first-order chi connectivity index (χ1) is 8.34. The third kappa shape index (κ3) is 1.93. The van der Waals surface area contributed by atoms with E-state index in [-0.39, 0.29) is 0 Å². The Labute approximate surface area is 103 Å². The molecule has 0 saturated carbocycles. The van der Waals surface area contributed by atoms with Gasteiger partial charge in [0.05, 0.1) is 0 Å². The molecule has 1 atom stereocenters. The molecule has 0 radical (unpaired) electrons. The van der Waals surface area contributed by atoms with Crippen molar-refractivity contribution < 1.29 is 0 Å². The van der Waals surface area contributed by atoms with Crippen molar-refractivity contribution in [3.8, 4) is 0 Å². The van der Waals surface area contributed by atoms with Gasteiger partial charge in [0.2, 0.25) is 0 Å². The number of hydrogen-bond acceptors (Lipinski definition) is 1. The Hall–Kier alpha value is -1.76. The number of para-hydroxylation sites is 1. The Bertz CT molecular complexity index is 504. The molecule has 2 aromatic rings. The van der Waals surface area contributed by atoms with Crippen molar-refractivity contribution in [1.82, 2.24) is 0 Å². The van der Waals surface area contributed by atoms with Crippen LogP contribution >= 0.6 is 0 Å². The molecule has 0 saturated heterocycles. The predicted octanol–water partition coefficient (Wildman–Crippen LogP) is 3.64. The lowest BCUT2D eigenvalue weighted by Gasteiger charge is -2.25. The summed E-state index contributed by atoms with van der Waals surface area (Å²) in [7, 11) is 0. The predicted molar refractivity (Wildman–Crippen MR) is 72.2 cm³/mol. The van der Waals surface area contributed by atoms with E-state index >= 15 is 0 Å². The average molecular weight is 223 g/mol. The monoisotopic (exact) mass is 223 g/mol. The van der Waals surface area contributed by atoms with Crippen molar-refractivity contribution >= 4 is 5.69 Å². The second-order valence-electron chi connectivity index (χ2n) is 4.80. The first kappa shape index (κ1) is 10.4. The molecule has 0 bridgehead atoms. The minimum absolute atomic E-state index is 0.604. The largest absolute Gasteiger partial charge is 0.364 e. The Morgan fingerprint density at radius 2 is 1.71 bits per heavy atom. The van der Waals surface area contributed by atoms with Crippen LogP contribution in [0.4, 0.5) is 5.69 Å². The van der Waals surface area contributed by atoms with Crippen LogP contribution in [0, 0.1) is 0 Å². The maximum atomic E-state index is 2.50. The first-order valence-corrected chi connectivity index (χ1v) is 6.23. The zero-order valence-electron chi connectivity index (χ0n) is 10.1. The van der Waals surface area contributed by atoms with Gasteiger partial charge in [-0.3, -0.25) is 0 Å². The van der Waals surface area contributed by atoms with Gasteiger partial charge in [0.15, 0.2) is 0 Å². The van der Waals surface area contributed by atoms with Crippen molar-refractivity contribution in [3.05, 3.63) is 65.7 Å². The average Bonchev–Trinajstić information content (AvgIpc) is 2.68. The van der Waals surface area contributed by atoms with Crippen molar-refractivity contribution in [3.63, 3.8) is 0 Å². The molecule has 86 valence electrons. The van der Waals surface area contributed by atoms with Crippen molar-refractivity contribution in [2.24, 2.45) is 0 Å². The topological polar surface area (TPSA) is 3.24 Å². The molecule has 2 aromatic carbocycles. The molecule has 1 aliphatic heterocycles. The molecular weight excluding hydrogens is 206 g/mol. The summed E-state index contributed by atoms with van der Waals surface area (Å²) in [6.07, 6.45) is 1.17. The second-order valence-corrected chi connectivity index (χ2v) is 4.80. The van der Waals surface area contributed by atoms with E-state index in [4.69, 9.17) is 0 Å². The normalized spacial score (nSPS) is 18.2. The summed E-state index contributed by atoms with van der Waals surface area (Å²) in [5, 5.41) is 0. The summed E-state index contributed by atoms with van der Waals surface area (Å²) < 4.78 is 0. The molecule has 0 amide bonds. The molecule has 17 heavy (non-hydrogen) atoms. The van der Waals surface area contributed by atoms with Crippen LogP contribution in [-0.2, 0) is 13.0 Å². The Morgan fingerprint density at radius 1 is 1.00 bits per heavy atom. The molecular formula is C16H17N. The van der Waals surface area contributed by atoms with Crippen LogP contribution in [0.5, 0.6) is 0 Å². The molecule has 3 rings (SSSR count). The Morgan fingerprint density at radius 3 is 2.53 bits per heavy atom. The van der Waals surface area contributed by atoms with E-state index in [1.165, 1.54) is 23.2 Å². The van der Waals surface area contributed by atoms with Gasteiger partial charge < -0.3 is 4.90 Å². The van der Waals surface area contributed by atoms with Crippen LogP contribution in [0.3, 0.4) is 0 Å². The summed E-state index contributed by atoms with van der Waals surface area (Å²) in [5.74, 6) is 0. The van der Waals surface area contributed by atoms with Crippen LogP contribution in [0.15, 0.2) is 54.6 Å². The molecule has 0 N–H and O–H groups in total. The van der Waals surface area contributed by atoms with Gasteiger partial charge >= 0.3 is 0 Å². The van der Waals surface area contributed by atoms with Crippen molar-refractivity contribution in [2.75, 3.05) is 4.90 Å².